The zero-order valence-corrected chi connectivity index (χ0v) is 18.2. The summed E-state index contributed by atoms with van der Waals surface area (Å²) in [4.78, 5) is 0. The van der Waals surface area contributed by atoms with Crippen LogP contribution in [0.25, 0.3) is 17.2 Å². The van der Waals surface area contributed by atoms with Crippen LogP contribution in [0, 0.1) is 0 Å². The second kappa shape index (κ2) is 11.3. The summed E-state index contributed by atoms with van der Waals surface area (Å²) in [5.74, 6) is 0. The van der Waals surface area contributed by atoms with Gasteiger partial charge in [0.2, 0.25) is 0 Å². The molecule has 2 aromatic heterocycles. The second-order valence-electron chi connectivity index (χ2n) is 6.95. The van der Waals surface area contributed by atoms with E-state index in [1.165, 1.54) is 22.3 Å². The molecule has 0 fully saturated rings. The third kappa shape index (κ3) is 6.03. The van der Waals surface area contributed by atoms with Gasteiger partial charge in [-0.3, -0.25) is 0 Å². The van der Waals surface area contributed by atoms with Gasteiger partial charge in [0.15, 0.2) is 37.9 Å². The fourth-order valence-corrected chi connectivity index (χ4v) is 3.27. The largest absolute Gasteiger partial charge is 1.00 e. The number of pyridine rings is 2. The van der Waals surface area contributed by atoms with Gasteiger partial charge in [-0.1, -0.05) is 67.3 Å². The third-order valence-corrected chi connectivity index (χ3v) is 4.90. The van der Waals surface area contributed by atoms with E-state index in [9.17, 15) is 0 Å². The monoisotopic (exact) mass is 434 g/mol. The Morgan fingerprint density at radius 3 is 1.43 bits per heavy atom. The minimum Gasteiger partial charge on any atom is -1.00 e. The summed E-state index contributed by atoms with van der Waals surface area (Å²) < 4.78 is 4.40. The van der Waals surface area contributed by atoms with Crippen molar-refractivity contribution >= 4 is 6.08 Å². The first-order valence-corrected chi connectivity index (χ1v) is 9.54. The summed E-state index contributed by atoms with van der Waals surface area (Å²) in [6, 6.07) is 27.7. The molecule has 2 nitrogen and oxygen atoms in total. The van der Waals surface area contributed by atoms with E-state index in [0.717, 1.165) is 18.7 Å². The maximum atomic E-state index is 3.80. The Balaban J connectivity index is 0.00000160. The lowest BCUT2D eigenvalue weighted by atomic mass is 10.1. The molecule has 4 heteroatoms. The first-order valence-electron chi connectivity index (χ1n) is 9.54. The fraction of sp³-hybridized carbons (Fsp3) is 0.0769. The standard InChI is InChI=1S/C26H24N2.2ClH/c1-2-22-8-10-24(11-9-22)21-28-18-14-26(15-19-28)25-12-16-27(17-13-25)20-23-6-4-3-5-7-23;;/h2-19H,1,20-21H2;2*1H/q+2;;/p-2. The molecule has 0 aliphatic heterocycles. The molecule has 0 saturated carbocycles. The Bertz CT molecular complexity index is 1040. The summed E-state index contributed by atoms with van der Waals surface area (Å²) in [5.41, 5.74) is 6.20. The summed E-state index contributed by atoms with van der Waals surface area (Å²) in [6.07, 6.45) is 10.4. The molecular weight excluding hydrogens is 411 g/mol. The third-order valence-electron chi connectivity index (χ3n) is 4.90. The molecule has 0 bridgehead atoms. The highest BCUT2D eigenvalue weighted by Gasteiger charge is 2.07. The first kappa shape index (κ1) is 23.3. The van der Waals surface area contributed by atoms with Gasteiger partial charge in [-0.05, 0) is 16.7 Å². The van der Waals surface area contributed by atoms with Crippen LogP contribution in [0.15, 0.2) is 110 Å². The van der Waals surface area contributed by atoms with Gasteiger partial charge in [-0.2, -0.15) is 0 Å². The summed E-state index contributed by atoms with van der Waals surface area (Å²) in [6.45, 7) is 5.56. The van der Waals surface area contributed by atoms with E-state index in [-0.39, 0.29) is 24.8 Å². The molecule has 0 N–H and O–H groups in total. The van der Waals surface area contributed by atoms with Gasteiger partial charge in [0, 0.05) is 35.4 Å². The van der Waals surface area contributed by atoms with Gasteiger partial charge in [-0.15, -0.1) is 0 Å². The normalized spacial score (nSPS) is 9.87. The lowest BCUT2D eigenvalue weighted by molar-refractivity contribution is -0.688. The van der Waals surface area contributed by atoms with Crippen molar-refractivity contribution in [3.8, 4) is 11.1 Å². The molecule has 0 aliphatic carbocycles. The van der Waals surface area contributed by atoms with Crippen LogP contribution in [0.2, 0.25) is 0 Å². The molecule has 0 saturated heterocycles. The number of benzene rings is 2. The number of hydrogen-bond donors (Lipinski definition) is 0. The zero-order chi connectivity index (χ0) is 19.2. The lowest BCUT2D eigenvalue weighted by Crippen LogP contribution is -3.00. The Morgan fingerprint density at radius 1 is 0.567 bits per heavy atom. The molecule has 0 amide bonds. The molecular formula is C26H24Cl2N2. The predicted molar refractivity (Wildman–Crippen MR) is 113 cm³/mol. The van der Waals surface area contributed by atoms with Crippen molar-refractivity contribution < 1.29 is 33.9 Å². The summed E-state index contributed by atoms with van der Waals surface area (Å²) in [5, 5.41) is 0. The average molecular weight is 435 g/mol. The van der Waals surface area contributed by atoms with Crippen LogP contribution in [0.1, 0.15) is 16.7 Å². The van der Waals surface area contributed by atoms with E-state index in [1.807, 2.05) is 6.08 Å². The smallest absolute Gasteiger partial charge is 0.173 e. The van der Waals surface area contributed by atoms with E-state index in [2.05, 4.69) is 119 Å². The molecule has 0 aliphatic rings. The quantitative estimate of drug-likeness (QED) is 0.332. The van der Waals surface area contributed by atoms with Crippen LogP contribution >= 0.6 is 0 Å². The Kier molecular flexibility index (Phi) is 8.79. The van der Waals surface area contributed by atoms with Gasteiger partial charge in [0.1, 0.15) is 0 Å². The van der Waals surface area contributed by atoms with Crippen molar-refractivity contribution in [2.24, 2.45) is 0 Å². The van der Waals surface area contributed by atoms with Crippen LogP contribution in [-0.4, -0.2) is 0 Å². The van der Waals surface area contributed by atoms with Crippen LogP contribution < -0.4 is 33.9 Å². The van der Waals surface area contributed by atoms with E-state index < -0.39 is 0 Å². The van der Waals surface area contributed by atoms with Crippen LogP contribution in [0.4, 0.5) is 0 Å². The molecule has 30 heavy (non-hydrogen) atoms. The molecule has 0 atom stereocenters. The molecule has 0 spiro atoms. The SMILES string of the molecule is C=Cc1ccc(C[n+]2ccc(-c3cc[n+](Cc4ccccc4)cc3)cc2)cc1.[Cl-].[Cl-]. The topological polar surface area (TPSA) is 7.76 Å². The maximum Gasteiger partial charge on any atom is 0.173 e. The second-order valence-corrected chi connectivity index (χ2v) is 6.95. The molecule has 4 aromatic rings. The van der Waals surface area contributed by atoms with Crippen LogP contribution in [0.3, 0.4) is 0 Å². The molecule has 0 radical (unpaired) electrons. The number of hydrogen-bond acceptors (Lipinski definition) is 0. The average Bonchev–Trinajstić information content (AvgIpc) is 2.76. The van der Waals surface area contributed by atoms with Crippen molar-refractivity contribution in [3.63, 3.8) is 0 Å². The van der Waals surface area contributed by atoms with Crippen molar-refractivity contribution in [3.05, 3.63) is 127 Å². The van der Waals surface area contributed by atoms with Crippen molar-refractivity contribution in [1.29, 1.82) is 0 Å². The minimum absolute atomic E-state index is 0. The Hall–Kier alpha value is -2.94. The number of halogens is 2. The molecule has 4 rings (SSSR count). The molecule has 2 aromatic carbocycles. The lowest BCUT2D eigenvalue weighted by Gasteiger charge is -2.03. The van der Waals surface area contributed by atoms with Crippen molar-refractivity contribution in [1.82, 2.24) is 0 Å². The predicted octanol–water partition coefficient (Wildman–Crippen LogP) is -1.32. The van der Waals surface area contributed by atoms with Gasteiger partial charge in [0.05, 0.1) is 0 Å². The van der Waals surface area contributed by atoms with Crippen LogP contribution in [0.5, 0.6) is 0 Å². The van der Waals surface area contributed by atoms with Crippen molar-refractivity contribution in [2.45, 2.75) is 13.1 Å². The van der Waals surface area contributed by atoms with Crippen LogP contribution in [-0.2, 0) is 13.1 Å². The fourth-order valence-electron chi connectivity index (χ4n) is 3.27. The van der Waals surface area contributed by atoms with E-state index in [0.29, 0.717) is 0 Å². The Labute approximate surface area is 191 Å². The Morgan fingerprint density at radius 2 is 1.00 bits per heavy atom. The molecule has 0 unspecified atom stereocenters. The zero-order valence-electron chi connectivity index (χ0n) is 16.7. The highest BCUT2D eigenvalue weighted by molar-refractivity contribution is 5.61. The maximum absolute atomic E-state index is 3.80. The van der Waals surface area contributed by atoms with Crippen molar-refractivity contribution in [2.75, 3.05) is 0 Å². The van der Waals surface area contributed by atoms with E-state index in [1.54, 1.807) is 0 Å². The van der Waals surface area contributed by atoms with E-state index in [4.69, 9.17) is 0 Å². The van der Waals surface area contributed by atoms with Gasteiger partial charge in [0.25, 0.3) is 0 Å². The number of nitrogens with zero attached hydrogens (tertiary/aromatic N) is 2. The highest BCUT2D eigenvalue weighted by atomic mass is 35.5. The summed E-state index contributed by atoms with van der Waals surface area (Å²) in [7, 11) is 0. The van der Waals surface area contributed by atoms with E-state index >= 15 is 0 Å². The number of rotatable bonds is 6. The molecule has 2 heterocycles. The van der Waals surface area contributed by atoms with Gasteiger partial charge >= 0.3 is 0 Å². The van der Waals surface area contributed by atoms with Gasteiger partial charge in [-0.25, -0.2) is 9.13 Å². The number of aromatic nitrogens is 2. The van der Waals surface area contributed by atoms with Gasteiger partial charge < -0.3 is 24.8 Å². The first-order chi connectivity index (χ1) is 13.8. The molecule has 152 valence electrons. The highest BCUT2D eigenvalue weighted by Crippen LogP contribution is 2.16. The summed E-state index contributed by atoms with van der Waals surface area (Å²) >= 11 is 0. The minimum atomic E-state index is 0.